The maximum atomic E-state index is 12.5. The molecule has 1 aromatic heterocycles. The van der Waals surface area contributed by atoms with Crippen LogP contribution in [0.4, 0.5) is 0 Å². The topological polar surface area (TPSA) is 90.0 Å². The lowest BCUT2D eigenvalue weighted by atomic mass is 10.1. The fraction of sp³-hybridized carbons (Fsp3) is 0.353. The maximum absolute atomic E-state index is 12.5. The summed E-state index contributed by atoms with van der Waals surface area (Å²) >= 11 is 0. The Morgan fingerprint density at radius 3 is 2.48 bits per heavy atom. The van der Waals surface area contributed by atoms with Crippen LogP contribution in [0, 0.1) is 5.92 Å². The van der Waals surface area contributed by atoms with Crippen LogP contribution in [-0.2, 0) is 18.3 Å². The zero-order valence-electron chi connectivity index (χ0n) is 13.6. The van der Waals surface area contributed by atoms with Crippen LogP contribution in [0.25, 0.3) is 0 Å². The molecular formula is C17H22N4O2. The Labute approximate surface area is 135 Å². The van der Waals surface area contributed by atoms with Gasteiger partial charge < -0.3 is 11.1 Å². The van der Waals surface area contributed by atoms with Gasteiger partial charge in [-0.3, -0.25) is 14.3 Å². The second-order valence-corrected chi connectivity index (χ2v) is 5.96. The molecule has 0 saturated heterocycles. The van der Waals surface area contributed by atoms with Crippen molar-refractivity contribution in [2.24, 2.45) is 18.7 Å². The summed E-state index contributed by atoms with van der Waals surface area (Å²) in [6.07, 6.45) is 0.791. The van der Waals surface area contributed by atoms with Crippen molar-refractivity contribution in [1.29, 1.82) is 0 Å². The van der Waals surface area contributed by atoms with E-state index in [0.717, 1.165) is 12.1 Å². The lowest BCUT2D eigenvalue weighted by Crippen LogP contribution is -2.38. The molecule has 2 rings (SSSR count). The number of nitrogens with two attached hydrogens (primary N) is 1. The Morgan fingerprint density at radius 2 is 1.91 bits per heavy atom. The van der Waals surface area contributed by atoms with Crippen molar-refractivity contribution in [2.75, 3.05) is 0 Å². The number of nitrogens with zero attached hydrogens (tertiary/aromatic N) is 2. The van der Waals surface area contributed by atoms with Gasteiger partial charge in [-0.25, -0.2) is 0 Å². The smallest absolute Gasteiger partial charge is 0.270 e. The number of aryl methyl sites for hydroxylation is 1. The van der Waals surface area contributed by atoms with Crippen LogP contribution in [0.15, 0.2) is 36.4 Å². The number of aromatic nitrogens is 2. The van der Waals surface area contributed by atoms with E-state index < -0.39 is 11.9 Å². The Kier molecular flexibility index (Phi) is 5.16. The van der Waals surface area contributed by atoms with Crippen molar-refractivity contribution in [3.63, 3.8) is 0 Å². The highest BCUT2D eigenvalue weighted by Crippen LogP contribution is 2.14. The van der Waals surface area contributed by atoms with Gasteiger partial charge in [-0.2, -0.15) is 5.10 Å². The number of hydrogen-bond acceptors (Lipinski definition) is 3. The molecule has 2 amide bonds. The largest absolute Gasteiger partial charge is 0.368 e. The van der Waals surface area contributed by atoms with Gasteiger partial charge in [0.1, 0.15) is 11.7 Å². The molecule has 0 fully saturated rings. The fourth-order valence-corrected chi connectivity index (χ4v) is 2.43. The zero-order chi connectivity index (χ0) is 17.0. The number of hydrogen-bond donors (Lipinski definition) is 2. The van der Waals surface area contributed by atoms with E-state index in [0.29, 0.717) is 17.2 Å². The van der Waals surface area contributed by atoms with Crippen molar-refractivity contribution in [3.8, 4) is 0 Å². The van der Waals surface area contributed by atoms with E-state index in [2.05, 4.69) is 24.3 Å². The van der Waals surface area contributed by atoms with E-state index in [4.69, 9.17) is 5.73 Å². The average molecular weight is 314 g/mol. The number of amides is 2. The molecule has 0 spiro atoms. The molecule has 3 N–H and O–H groups in total. The molecule has 0 radical (unpaired) electrons. The van der Waals surface area contributed by atoms with Crippen LogP contribution < -0.4 is 11.1 Å². The first-order chi connectivity index (χ1) is 10.9. The number of primary amides is 1. The average Bonchev–Trinajstić information content (AvgIpc) is 2.85. The molecule has 0 aliphatic carbocycles. The molecule has 122 valence electrons. The minimum Gasteiger partial charge on any atom is -0.368 e. The molecule has 6 heteroatoms. The summed E-state index contributed by atoms with van der Waals surface area (Å²) in [4.78, 5) is 24.2. The summed E-state index contributed by atoms with van der Waals surface area (Å²) < 4.78 is 1.52. The summed E-state index contributed by atoms with van der Waals surface area (Å²) in [7, 11) is 1.71. The first-order valence-electron chi connectivity index (χ1n) is 7.56. The second-order valence-electron chi connectivity index (χ2n) is 5.96. The predicted octanol–water partition coefficient (Wildman–Crippen LogP) is 1.57. The first-order valence-corrected chi connectivity index (χ1v) is 7.56. The SMILES string of the molecule is CC(C)Cc1cc(C(=O)N[C@H](C(N)=O)c2ccccc2)n(C)n1. The summed E-state index contributed by atoms with van der Waals surface area (Å²) in [6.45, 7) is 4.18. The van der Waals surface area contributed by atoms with Crippen molar-refractivity contribution in [3.05, 3.63) is 53.3 Å². The summed E-state index contributed by atoms with van der Waals surface area (Å²) in [6, 6.07) is 9.81. The van der Waals surface area contributed by atoms with Gasteiger partial charge >= 0.3 is 0 Å². The normalized spacial score (nSPS) is 12.2. The lowest BCUT2D eigenvalue weighted by molar-refractivity contribution is -0.120. The van der Waals surface area contributed by atoms with Crippen molar-refractivity contribution < 1.29 is 9.59 Å². The number of benzene rings is 1. The molecular weight excluding hydrogens is 292 g/mol. The van der Waals surface area contributed by atoms with Crippen LogP contribution in [0.3, 0.4) is 0 Å². The van der Waals surface area contributed by atoms with Gasteiger partial charge in [-0.1, -0.05) is 44.2 Å². The molecule has 2 aromatic rings. The minimum atomic E-state index is -0.868. The summed E-state index contributed by atoms with van der Waals surface area (Å²) in [5, 5.41) is 7.02. The highest BCUT2D eigenvalue weighted by atomic mass is 16.2. The van der Waals surface area contributed by atoms with Crippen LogP contribution in [0.1, 0.15) is 41.6 Å². The number of carbonyl (C=O) groups is 2. The molecule has 0 saturated carbocycles. The lowest BCUT2D eigenvalue weighted by Gasteiger charge is -2.15. The van der Waals surface area contributed by atoms with E-state index in [1.807, 2.05) is 6.07 Å². The van der Waals surface area contributed by atoms with Crippen LogP contribution in [0.2, 0.25) is 0 Å². The highest BCUT2D eigenvalue weighted by molar-refractivity contribution is 5.96. The Morgan fingerprint density at radius 1 is 1.26 bits per heavy atom. The Balaban J connectivity index is 2.19. The monoisotopic (exact) mass is 314 g/mol. The zero-order valence-corrected chi connectivity index (χ0v) is 13.6. The van der Waals surface area contributed by atoms with Crippen LogP contribution in [0.5, 0.6) is 0 Å². The molecule has 1 atom stereocenters. The van der Waals surface area contributed by atoms with Gasteiger partial charge in [0.15, 0.2) is 0 Å². The third kappa shape index (κ3) is 4.18. The Hall–Kier alpha value is -2.63. The summed E-state index contributed by atoms with van der Waals surface area (Å²) in [5.74, 6) is -0.528. The van der Waals surface area contributed by atoms with Crippen LogP contribution >= 0.6 is 0 Å². The number of nitrogens with one attached hydrogen (secondary N) is 1. The molecule has 1 heterocycles. The quantitative estimate of drug-likeness (QED) is 0.848. The second kappa shape index (κ2) is 7.09. The van der Waals surface area contributed by atoms with Gasteiger partial charge in [0.25, 0.3) is 5.91 Å². The molecule has 0 aliphatic rings. The third-order valence-corrected chi connectivity index (χ3v) is 3.47. The van der Waals surface area contributed by atoms with E-state index in [9.17, 15) is 9.59 Å². The van der Waals surface area contributed by atoms with Crippen LogP contribution in [-0.4, -0.2) is 21.6 Å². The molecule has 23 heavy (non-hydrogen) atoms. The maximum Gasteiger partial charge on any atom is 0.270 e. The van der Waals surface area contributed by atoms with Gasteiger partial charge in [-0.05, 0) is 24.0 Å². The van der Waals surface area contributed by atoms with Gasteiger partial charge in [0, 0.05) is 7.05 Å². The fourth-order valence-electron chi connectivity index (χ4n) is 2.43. The molecule has 1 aromatic carbocycles. The molecule has 0 aliphatic heterocycles. The molecule has 0 bridgehead atoms. The predicted molar refractivity (Wildman–Crippen MR) is 87.6 cm³/mol. The van der Waals surface area contributed by atoms with E-state index in [-0.39, 0.29) is 5.91 Å². The van der Waals surface area contributed by atoms with Gasteiger partial charge in [0.2, 0.25) is 5.91 Å². The van der Waals surface area contributed by atoms with Gasteiger partial charge in [0.05, 0.1) is 5.69 Å². The van der Waals surface area contributed by atoms with E-state index >= 15 is 0 Å². The summed E-state index contributed by atoms with van der Waals surface area (Å²) in [5.41, 5.74) is 7.33. The van der Waals surface area contributed by atoms with Crippen molar-refractivity contribution in [1.82, 2.24) is 15.1 Å². The standard InChI is InChI=1S/C17H22N4O2/c1-11(2)9-13-10-14(21(3)20-13)17(23)19-15(16(18)22)12-7-5-4-6-8-12/h4-8,10-11,15H,9H2,1-3H3,(H2,18,22)(H,19,23)/t15-/m0/s1. The van der Waals surface area contributed by atoms with Crippen molar-refractivity contribution in [2.45, 2.75) is 26.3 Å². The third-order valence-electron chi connectivity index (χ3n) is 3.47. The highest BCUT2D eigenvalue weighted by Gasteiger charge is 2.23. The minimum absolute atomic E-state index is 0.373. The Bertz CT molecular complexity index is 692. The van der Waals surface area contributed by atoms with Crippen molar-refractivity contribution >= 4 is 11.8 Å². The number of rotatable bonds is 6. The van der Waals surface area contributed by atoms with Gasteiger partial charge in [-0.15, -0.1) is 0 Å². The molecule has 0 unspecified atom stereocenters. The number of carbonyl (C=O) groups excluding carboxylic acids is 2. The van der Waals surface area contributed by atoms with E-state index in [1.165, 1.54) is 4.68 Å². The van der Waals surface area contributed by atoms with E-state index in [1.54, 1.807) is 37.4 Å². The molecule has 6 nitrogen and oxygen atoms in total. The first kappa shape index (κ1) is 16.7.